The second kappa shape index (κ2) is 7.16. The Kier molecular flexibility index (Phi) is 5.26. The third-order valence-corrected chi connectivity index (χ3v) is 4.08. The van der Waals surface area contributed by atoms with Crippen LogP contribution in [0, 0.1) is 13.8 Å². The van der Waals surface area contributed by atoms with Crippen molar-refractivity contribution in [2.75, 3.05) is 6.54 Å². The molecule has 2 N–H and O–H groups in total. The van der Waals surface area contributed by atoms with Crippen molar-refractivity contribution in [3.8, 4) is 0 Å². The molecule has 7 nitrogen and oxygen atoms in total. The van der Waals surface area contributed by atoms with E-state index in [1.165, 1.54) is 4.88 Å². The maximum atomic E-state index is 4.51. The van der Waals surface area contributed by atoms with Crippen molar-refractivity contribution < 1.29 is 0 Å². The van der Waals surface area contributed by atoms with E-state index >= 15 is 0 Å². The van der Waals surface area contributed by atoms with Gasteiger partial charge in [-0.25, -0.2) is 9.98 Å². The Labute approximate surface area is 128 Å². The maximum Gasteiger partial charge on any atom is 0.192 e. The van der Waals surface area contributed by atoms with Crippen molar-refractivity contribution in [2.24, 2.45) is 12.0 Å². The summed E-state index contributed by atoms with van der Waals surface area (Å²) in [5.74, 6) is 1.58. The lowest BCUT2D eigenvalue weighted by atomic mass is 10.4. The molecule has 0 spiro atoms. The fraction of sp³-hybridized carbons (Fsp3) is 0.538. The molecule has 0 atom stereocenters. The van der Waals surface area contributed by atoms with E-state index in [0.29, 0.717) is 13.1 Å². The molecule has 0 aliphatic heterocycles. The third kappa shape index (κ3) is 4.25. The Balaban J connectivity index is 1.96. The summed E-state index contributed by atoms with van der Waals surface area (Å²) >= 11 is 1.71. The monoisotopic (exact) mass is 307 g/mol. The van der Waals surface area contributed by atoms with Gasteiger partial charge in [-0.05, 0) is 20.8 Å². The highest BCUT2D eigenvalue weighted by Crippen LogP contribution is 2.15. The second-order valence-electron chi connectivity index (χ2n) is 4.66. The Bertz CT molecular complexity index is 594. The standard InChI is InChI=1S/C13H21N7S/c1-5-14-13(15-6-11-19-17-8-20(11)4)16-7-12-18-9(2)10(3)21-12/h8H,5-7H2,1-4H3,(H2,14,15,16). The van der Waals surface area contributed by atoms with E-state index in [1.807, 2.05) is 25.5 Å². The van der Waals surface area contributed by atoms with Gasteiger partial charge in [0.1, 0.15) is 17.9 Å². The molecule has 0 amide bonds. The zero-order chi connectivity index (χ0) is 15.2. The van der Waals surface area contributed by atoms with Gasteiger partial charge in [0.25, 0.3) is 0 Å². The lowest BCUT2D eigenvalue weighted by molar-refractivity contribution is 0.765. The predicted octanol–water partition coefficient (Wildman–Crippen LogP) is 1.14. The van der Waals surface area contributed by atoms with Gasteiger partial charge in [0, 0.05) is 18.5 Å². The van der Waals surface area contributed by atoms with Crippen LogP contribution in [-0.2, 0) is 20.1 Å². The van der Waals surface area contributed by atoms with Gasteiger partial charge < -0.3 is 15.2 Å². The van der Waals surface area contributed by atoms with Gasteiger partial charge in [0.05, 0.1) is 12.2 Å². The molecular weight excluding hydrogens is 286 g/mol. The molecule has 0 aliphatic rings. The Morgan fingerprint density at radius 3 is 2.76 bits per heavy atom. The molecule has 2 aromatic rings. The number of aryl methyl sites for hydroxylation is 3. The first-order valence-electron chi connectivity index (χ1n) is 6.88. The van der Waals surface area contributed by atoms with Crippen LogP contribution >= 0.6 is 11.3 Å². The van der Waals surface area contributed by atoms with Crippen molar-refractivity contribution in [1.29, 1.82) is 0 Å². The Morgan fingerprint density at radius 1 is 1.38 bits per heavy atom. The van der Waals surface area contributed by atoms with Crippen LogP contribution in [0.5, 0.6) is 0 Å². The second-order valence-corrected chi connectivity index (χ2v) is 5.94. The molecule has 0 saturated heterocycles. The zero-order valence-corrected chi connectivity index (χ0v) is 13.7. The topological polar surface area (TPSA) is 80.0 Å². The van der Waals surface area contributed by atoms with Gasteiger partial charge >= 0.3 is 0 Å². The summed E-state index contributed by atoms with van der Waals surface area (Å²) in [6.07, 6.45) is 1.67. The fourth-order valence-corrected chi connectivity index (χ4v) is 2.59. The quantitative estimate of drug-likeness (QED) is 0.640. The van der Waals surface area contributed by atoms with E-state index in [4.69, 9.17) is 0 Å². The van der Waals surface area contributed by atoms with Gasteiger partial charge in [-0.3, -0.25) is 0 Å². The summed E-state index contributed by atoms with van der Waals surface area (Å²) in [7, 11) is 1.91. The van der Waals surface area contributed by atoms with Gasteiger partial charge in [-0.15, -0.1) is 21.5 Å². The number of guanidine groups is 1. The van der Waals surface area contributed by atoms with Gasteiger partial charge in [0.15, 0.2) is 11.8 Å². The van der Waals surface area contributed by atoms with Crippen LogP contribution in [0.1, 0.15) is 28.3 Å². The molecular formula is C13H21N7S. The highest BCUT2D eigenvalue weighted by molar-refractivity contribution is 7.11. The molecule has 114 valence electrons. The van der Waals surface area contributed by atoms with Crippen LogP contribution in [0.3, 0.4) is 0 Å². The molecule has 2 rings (SSSR count). The van der Waals surface area contributed by atoms with Crippen LogP contribution < -0.4 is 10.6 Å². The minimum absolute atomic E-state index is 0.488. The highest BCUT2D eigenvalue weighted by Gasteiger charge is 2.05. The number of aromatic nitrogens is 4. The van der Waals surface area contributed by atoms with Crippen LogP contribution in [0.4, 0.5) is 0 Å². The minimum atomic E-state index is 0.488. The summed E-state index contributed by atoms with van der Waals surface area (Å²) < 4.78 is 1.86. The van der Waals surface area contributed by atoms with Gasteiger partial charge in [-0.1, -0.05) is 0 Å². The van der Waals surface area contributed by atoms with Crippen molar-refractivity contribution in [3.05, 3.63) is 27.7 Å². The number of thiazole rings is 1. The van der Waals surface area contributed by atoms with E-state index in [9.17, 15) is 0 Å². The molecule has 0 aromatic carbocycles. The number of nitrogens with zero attached hydrogens (tertiary/aromatic N) is 5. The smallest absolute Gasteiger partial charge is 0.192 e. The van der Waals surface area contributed by atoms with Gasteiger partial charge in [0.2, 0.25) is 0 Å². The van der Waals surface area contributed by atoms with E-state index in [-0.39, 0.29) is 0 Å². The summed E-state index contributed by atoms with van der Waals surface area (Å²) in [6, 6.07) is 0. The van der Waals surface area contributed by atoms with Crippen molar-refractivity contribution in [2.45, 2.75) is 33.9 Å². The minimum Gasteiger partial charge on any atom is -0.357 e. The molecule has 0 unspecified atom stereocenters. The van der Waals surface area contributed by atoms with Crippen LogP contribution in [0.25, 0.3) is 0 Å². The van der Waals surface area contributed by atoms with Gasteiger partial charge in [-0.2, -0.15) is 0 Å². The molecule has 8 heteroatoms. The molecule has 21 heavy (non-hydrogen) atoms. The number of aliphatic imine (C=N–C) groups is 1. The SMILES string of the molecule is CCNC(=NCc1nncn1C)NCc1nc(C)c(C)s1. The zero-order valence-electron chi connectivity index (χ0n) is 12.8. The average Bonchev–Trinajstić information content (AvgIpc) is 3.00. The van der Waals surface area contributed by atoms with E-state index in [0.717, 1.165) is 29.0 Å². The summed E-state index contributed by atoms with van der Waals surface area (Å²) in [5, 5.41) is 15.4. The highest BCUT2D eigenvalue weighted by atomic mass is 32.1. The van der Waals surface area contributed by atoms with Crippen LogP contribution in [0.2, 0.25) is 0 Å². The molecule has 0 radical (unpaired) electrons. The molecule has 0 aliphatic carbocycles. The summed E-state index contributed by atoms with van der Waals surface area (Å²) in [5.41, 5.74) is 1.10. The Morgan fingerprint density at radius 2 is 2.19 bits per heavy atom. The Hall–Kier alpha value is -1.96. The predicted molar refractivity (Wildman–Crippen MR) is 84.2 cm³/mol. The summed E-state index contributed by atoms with van der Waals surface area (Å²) in [6.45, 7) is 8.12. The fourth-order valence-electron chi connectivity index (χ4n) is 1.72. The number of nitrogens with one attached hydrogen (secondary N) is 2. The van der Waals surface area contributed by atoms with Crippen molar-refractivity contribution >= 4 is 17.3 Å². The molecule has 2 aromatic heterocycles. The molecule has 0 saturated carbocycles. The first kappa shape index (κ1) is 15.4. The summed E-state index contributed by atoms with van der Waals surface area (Å²) in [4.78, 5) is 10.3. The normalized spacial score (nSPS) is 11.7. The first-order valence-corrected chi connectivity index (χ1v) is 7.69. The maximum absolute atomic E-state index is 4.51. The van der Waals surface area contributed by atoms with Crippen LogP contribution in [0.15, 0.2) is 11.3 Å². The molecule has 2 heterocycles. The van der Waals surface area contributed by atoms with E-state index < -0.39 is 0 Å². The number of hydrogen-bond donors (Lipinski definition) is 2. The first-order chi connectivity index (χ1) is 10.1. The number of rotatable bonds is 5. The molecule has 0 bridgehead atoms. The van der Waals surface area contributed by atoms with E-state index in [1.54, 1.807) is 17.7 Å². The van der Waals surface area contributed by atoms with E-state index in [2.05, 4.69) is 37.7 Å². The average molecular weight is 307 g/mol. The lowest BCUT2D eigenvalue weighted by Gasteiger charge is -2.09. The number of hydrogen-bond acceptors (Lipinski definition) is 5. The lowest BCUT2D eigenvalue weighted by Crippen LogP contribution is -2.36. The molecule has 0 fully saturated rings. The van der Waals surface area contributed by atoms with Crippen LogP contribution in [-0.4, -0.2) is 32.3 Å². The van der Waals surface area contributed by atoms with Crippen molar-refractivity contribution in [1.82, 2.24) is 30.4 Å². The largest absolute Gasteiger partial charge is 0.357 e. The third-order valence-electron chi connectivity index (χ3n) is 3.01. The van der Waals surface area contributed by atoms with Crippen molar-refractivity contribution in [3.63, 3.8) is 0 Å².